The van der Waals surface area contributed by atoms with E-state index in [9.17, 15) is 5.11 Å². The summed E-state index contributed by atoms with van der Waals surface area (Å²) >= 11 is 0. The fraction of sp³-hybridized carbons (Fsp3) is 0.529. The summed E-state index contributed by atoms with van der Waals surface area (Å²) in [6, 6.07) is 8.65. The summed E-state index contributed by atoms with van der Waals surface area (Å²) in [7, 11) is 1.68. The molecule has 0 unspecified atom stereocenters. The van der Waals surface area contributed by atoms with E-state index in [1.165, 1.54) is 11.1 Å². The van der Waals surface area contributed by atoms with Gasteiger partial charge in [-0.2, -0.15) is 0 Å². The van der Waals surface area contributed by atoms with Gasteiger partial charge in [0.2, 0.25) is 0 Å². The molecule has 1 aromatic carbocycles. The molecule has 0 aliphatic heterocycles. The molecule has 1 fully saturated rings. The zero-order valence-electron chi connectivity index (χ0n) is 12.4. The van der Waals surface area contributed by atoms with Crippen molar-refractivity contribution in [1.82, 2.24) is 5.32 Å². The van der Waals surface area contributed by atoms with Crippen molar-refractivity contribution in [3.63, 3.8) is 0 Å². The lowest BCUT2D eigenvalue weighted by Gasteiger charge is -2.26. The Morgan fingerprint density at radius 2 is 1.90 bits per heavy atom. The lowest BCUT2D eigenvalue weighted by molar-refractivity contribution is 0.117. The number of methoxy groups -OCH3 is 1. The van der Waals surface area contributed by atoms with Crippen LogP contribution in [0.3, 0.4) is 0 Å². The second-order valence-corrected chi connectivity index (χ2v) is 5.65. The number of benzene rings is 1. The largest absolute Gasteiger partial charge is 0.497 e. The maximum absolute atomic E-state index is 9.49. The number of hydrogen-bond donors (Lipinski definition) is 2. The molecule has 2 N–H and O–H groups in total. The van der Waals surface area contributed by atoms with E-state index in [0.717, 1.165) is 38.0 Å². The number of hydrogen-bond acceptors (Lipinski definition) is 3. The van der Waals surface area contributed by atoms with Crippen LogP contribution in [0.5, 0.6) is 5.75 Å². The molecule has 0 radical (unpaired) electrons. The van der Waals surface area contributed by atoms with E-state index in [0.29, 0.717) is 6.04 Å². The van der Waals surface area contributed by atoms with Gasteiger partial charge in [-0.1, -0.05) is 23.8 Å². The number of rotatable bonds is 5. The zero-order chi connectivity index (χ0) is 14.4. The van der Waals surface area contributed by atoms with Gasteiger partial charge in [0.25, 0.3) is 0 Å². The lowest BCUT2D eigenvalue weighted by Crippen LogP contribution is -2.35. The first-order valence-corrected chi connectivity index (χ1v) is 7.40. The third kappa shape index (κ3) is 4.66. The normalized spacial score (nSPS) is 23.6. The van der Waals surface area contributed by atoms with Gasteiger partial charge in [-0.15, -0.1) is 0 Å². The van der Waals surface area contributed by atoms with E-state index in [2.05, 4.69) is 30.4 Å². The molecule has 0 aromatic heterocycles. The Balaban J connectivity index is 1.81. The highest BCUT2D eigenvalue weighted by atomic mass is 16.5. The smallest absolute Gasteiger partial charge is 0.118 e. The Hall–Kier alpha value is -1.32. The average Bonchev–Trinajstić information content (AvgIpc) is 2.47. The summed E-state index contributed by atoms with van der Waals surface area (Å²) in [6.07, 6.45) is 6.14. The summed E-state index contributed by atoms with van der Waals surface area (Å²) in [5.74, 6) is 0.888. The molecule has 1 aliphatic carbocycles. The molecule has 0 atom stereocenters. The standard InChI is InChI=1S/C17H25NO2/c1-13(11-14-3-9-17(20-2)10-4-14)12-18-15-5-7-16(19)8-6-15/h3-4,9-11,15-16,18-19H,5-8,12H2,1-2H3/b13-11-. The molecule has 1 saturated carbocycles. The first-order chi connectivity index (χ1) is 9.67. The van der Waals surface area contributed by atoms with Gasteiger partial charge >= 0.3 is 0 Å². The fourth-order valence-electron chi connectivity index (χ4n) is 2.62. The molecule has 0 saturated heterocycles. The first kappa shape index (κ1) is 15.1. The Bertz CT molecular complexity index is 431. The van der Waals surface area contributed by atoms with Crippen LogP contribution in [0.4, 0.5) is 0 Å². The van der Waals surface area contributed by atoms with E-state index >= 15 is 0 Å². The van der Waals surface area contributed by atoms with Crippen LogP contribution in [0.25, 0.3) is 6.08 Å². The van der Waals surface area contributed by atoms with Crippen LogP contribution in [0.15, 0.2) is 29.8 Å². The zero-order valence-corrected chi connectivity index (χ0v) is 12.4. The van der Waals surface area contributed by atoms with Crippen molar-refractivity contribution in [3.8, 4) is 5.75 Å². The first-order valence-electron chi connectivity index (χ1n) is 7.40. The highest BCUT2D eigenvalue weighted by molar-refractivity contribution is 5.53. The number of ether oxygens (including phenoxy) is 1. The SMILES string of the molecule is COc1ccc(/C=C(/C)CNC2CCC(O)CC2)cc1. The van der Waals surface area contributed by atoms with Gasteiger partial charge in [-0.3, -0.25) is 0 Å². The minimum Gasteiger partial charge on any atom is -0.497 e. The van der Waals surface area contributed by atoms with Crippen molar-refractivity contribution >= 4 is 6.08 Å². The molecule has 1 aromatic rings. The molecular formula is C17H25NO2. The van der Waals surface area contributed by atoms with E-state index < -0.39 is 0 Å². The second-order valence-electron chi connectivity index (χ2n) is 5.65. The Morgan fingerprint density at radius 3 is 2.50 bits per heavy atom. The quantitative estimate of drug-likeness (QED) is 0.868. The molecule has 1 aliphatic rings. The molecule has 0 bridgehead atoms. The third-order valence-corrected chi connectivity index (χ3v) is 3.90. The predicted molar refractivity (Wildman–Crippen MR) is 82.9 cm³/mol. The summed E-state index contributed by atoms with van der Waals surface area (Å²) in [4.78, 5) is 0. The molecule has 0 spiro atoms. The summed E-state index contributed by atoms with van der Waals surface area (Å²) in [6.45, 7) is 3.06. The third-order valence-electron chi connectivity index (χ3n) is 3.90. The maximum atomic E-state index is 9.49. The van der Waals surface area contributed by atoms with Crippen molar-refractivity contribution < 1.29 is 9.84 Å². The fourth-order valence-corrected chi connectivity index (χ4v) is 2.62. The lowest BCUT2D eigenvalue weighted by atomic mass is 9.93. The summed E-state index contributed by atoms with van der Waals surface area (Å²) < 4.78 is 5.16. The van der Waals surface area contributed by atoms with Crippen molar-refractivity contribution in [1.29, 1.82) is 0 Å². The van der Waals surface area contributed by atoms with Crippen LogP contribution in [-0.4, -0.2) is 30.9 Å². The van der Waals surface area contributed by atoms with Gasteiger partial charge in [-0.25, -0.2) is 0 Å². The predicted octanol–water partition coefficient (Wildman–Crippen LogP) is 2.99. The van der Waals surface area contributed by atoms with Crippen molar-refractivity contribution in [2.24, 2.45) is 0 Å². The Labute approximate surface area is 121 Å². The number of aliphatic hydroxyl groups excluding tert-OH is 1. The topological polar surface area (TPSA) is 41.5 Å². The van der Waals surface area contributed by atoms with Crippen LogP contribution in [0.2, 0.25) is 0 Å². The Morgan fingerprint density at radius 1 is 1.25 bits per heavy atom. The van der Waals surface area contributed by atoms with E-state index in [1.807, 2.05) is 12.1 Å². The van der Waals surface area contributed by atoms with Crippen molar-refractivity contribution in [2.45, 2.75) is 44.8 Å². The highest BCUT2D eigenvalue weighted by Crippen LogP contribution is 2.19. The van der Waals surface area contributed by atoms with E-state index in [-0.39, 0.29) is 6.10 Å². The van der Waals surface area contributed by atoms with E-state index in [1.54, 1.807) is 7.11 Å². The van der Waals surface area contributed by atoms with Gasteiger partial charge in [0.1, 0.15) is 5.75 Å². The second kappa shape index (κ2) is 7.46. The number of aliphatic hydroxyl groups is 1. The van der Waals surface area contributed by atoms with Gasteiger partial charge in [0.05, 0.1) is 13.2 Å². The van der Waals surface area contributed by atoms with Crippen LogP contribution < -0.4 is 10.1 Å². The summed E-state index contributed by atoms with van der Waals surface area (Å²) in [5.41, 5.74) is 2.52. The van der Waals surface area contributed by atoms with E-state index in [4.69, 9.17) is 4.74 Å². The maximum Gasteiger partial charge on any atom is 0.118 e. The van der Waals surface area contributed by atoms with Gasteiger partial charge in [-0.05, 0) is 50.3 Å². The molecule has 3 heteroatoms. The van der Waals surface area contributed by atoms with Gasteiger partial charge in [0.15, 0.2) is 0 Å². The minimum atomic E-state index is -0.0796. The van der Waals surface area contributed by atoms with Crippen LogP contribution in [0.1, 0.15) is 38.2 Å². The monoisotopic (exact) mass is 275 g/mol. The molecule has 3 nitrogen and oxygen atoms in total. The molecule has 2 rings (SSSR count). The minimum absolute atomic E-state index is 0.0796. The van der Waals surface area contributed by atoms with Gasteiger partial charge < -0.3 is 15.2 Å². The molecule has 0 amide bonds. The highest BCUT2D eigenvalue weighted by Gasteiger charge is 2.18. The summed E-state index contributed by atoms with van der Waals surface area (Å²) in [5, 5.41) is 13.1. The number of nitrogens with one attached hydrogen (secondary N) is 1. The molecule has 20 heavy (non-hydrogen) atoms. The Kier molecular flexibility index (Phi) is 5.62. The molecule has 110 valence electrons. The average molecular weight is 275 g/mol. The van der Waals surface area contributed by atoms with Crippen LogP contribution in [-0.2, 0) is 0 Å². The van der Waals surface area contributed by atoms with Crippen LogP contribution >= 0.6 is 0 Å². The van der Waals surface area contributed by atoms with Gasteiger partial charge in [0, 0.05) is 12.6 Å². The molecule has 0 heterocycles. The van der Waals surface area contributed by atoms with Crippen molar-refractivity contribution in [2.75, 3.05) is 13.7 Å². The van der Waals surface area contributed by atoms with Crippen molar-refractivity contribution in [3.05, 3.63) is 35.4 Å². The molecular weight excluding hydrogens is 250 g/mol. The van der Waals surface area contributed by atoms with Crippen LogP contribution in [0, 0.1) is 0 Å².